The summed E-state index contributed by atoms with van der Waals surface area (Å²) >= 11 is 3.08. The van der Waals surface area contributed by atoms with Crippen molar-refractivity contribution in [2.75, 3.05) is 23.9 Å². The Morgan fingerprint density at radius 3 is 2.88 bits per heavy atom. The highest BCUT2D eigenvalue weighted by molar-refractivity contribution is 9.10. The Labute approximate surface area is 147 Å². The van der Waals surface area contributed by atoms with Gasteiger partial charge in [0.2, 0.25) is 5.82 Å². The van der Waals surface area contributed by atoms with Crippen LogP contribution >= 0.6 is 15.9 Å². The molecule has 5 N–H and O–H groups in total. The van der Waals surface area contributed by atoms with E-state index in [4.69, 9.17) is 15.3 Å². The number of nitrogens with one attached hydrogen (secondary N) is 3. The third-order valence-corrected chi connectivity index (χ3v) is 4.62. The highest BCUT2D eigenvalue weighted by atomic mass is 79.9. The molecule has 0 bridgehead atoms. The van der Waals surface area contributed by atoms with Crippen molar-refractivity contribution < 1.29 is 9.02 Å². The Hall–Kier alpha value is -2.01. The number of halogens is 2. The number of rotatable bonds is 7. The predicted molar refractivity (Wildman–Crippen MR) is 95.5 cm³/mol. The van der Waals surface area contributed by atoms with Crippen LogP contribution in [0.15, 0.2) is 32.3 Å². The lowest BCUT2D eigenvalue weighted by Gasteiger charge is -2.06. The molecule has 0 amide bonds. The van der Waals surface area contributed by atoms with Crippen LogP contribution in [0, 0.1) is 15.4 Å². The topological polar surface area (TPSA) is 137 Å². The van der Waals surface area contributed by atoms with E-state index in [1.54, 1.807) is 6.26 Å². The summed E-state index contributed by atoms with van der Waals surface area (Å²) in [5.41, 5.74) is 6.62. The van der Waals surface area contributed by atoms with E-state index >= 15 is 0 Å². The van der Waals surface area contributed by atoms with Crippen LogP contribution < -0.4 is 11.1 Å². The summed E-state index contributed by atoms with van der Waals surface area (Å²) in [7, 11) is -2.02. The molecule has 0 aliphatic carbocycles. The molecule has 8 nitrogen and oxygen atoms in total. The standard InChI is InChI=1S/C13H17BrFN7OS/c1-24(17,18)6-2-5-19-13-11(21-23-22-13)12(16)20-8-3-4-10(15)9(14)7-8/h3-4,7,17-18H,2,5-6H2,1H3,(H2,16,20)(H,19,22). The van der Waals surface area contributed by atoms with E-state index in [1.807, 2.05) is 0 Å². The number of nitrogens with two attached hydrogens (primary N) is 1. The molecule has 0 saturated heterocycles. The largest absolute Gasteiger partial charge is 0.382 e. The van der Waals surface area contributed by atoms with Gasteiger partial charge in [-0.05, 0) is 50.9 Å². The number of aromatic nitrogens is 2. The van der Waals surface area contributed by atoms with Gasteiger partial charge in [-0.3, -0.25) is 9.56 Å². The average molecular weight is 418 g/mol. The number of hydrogen-bond acceptors (Lipinski definition) is 7. The Bertz CT molecular complexity index is 850. The molecular formula is C13H17BrFN7OS. The molecule has 1 aromatic carbocycles. The second-order valence-electron chi connectivity index (χ2n) is 5.13. The Kier molecular flexibility index (Phi) is 5.89. The Morgan fingerprint density at radius 2 is 2.21 bits per heavy atom. The molecule has 0 spiro atoms. The molecule has 1 aromatic heterocycles. The number of anilines is 1. The maximum absolute atomic E-state index is 13.2. The molecule has 0 atom stereocenters. The molecule has 11 heteroatoms. The average Bonchev–Trinajstić information content (AvgIpc) is 2.95. The highest BCUT2D eigenvalue weighted by Crippen LogP contribution is 2.23. The van der Waals surface area contributed by atoms with Crippen LogP contribution in [0.1, 0.15) is 12.1 Å². The highest BCUT2D eigenvalue weighted by Gasteiger charge is 2.14. The summed E-state index contributed by atoms with van der Waals surface area (Å²) in [4.78, 5) is 4.17. The maximum Gasteiger partial charge on any atom is 0.202 e. The van der Waals surface area contributed by atoms with Crippen molar-refractivity contribution in [2.24, 2.45) is 10.7 Å². The van der Waals surface area contributed by atoms with Crippen LogP contribution in [-0.2, 0) is 9.62 Å². The fourth-order valence-electron chi connectivity index (χ4n) is 1.79. The normalized spacial score (nSPS) is 12.4. The van der Waals surface area contributed by atoms with Gasteiger partial charge in [-0.15, -0.1) is 0 Å². The van der Waals surface area contributed by atoms with Crippen molar-refractivity contribution in [2.45, 2.75) is 6.42 Å². The second kappa shape index (κ2) is 7.71. The van der Waals surface area contributed by atoms with Gasteiger partial charge in [0, 0.05) is 18.6 Å². The zero-order chi connectivity index (χ0) is 17.7. The number of aliphatic imine (C=N–C) groups is 1. The smallest absolute Gasteiger partial charge is 0.202 e. The number of hydrogen-bond donors (Lipinski definition) is 4. The first-order valence-corrected chi connectivity index (χ1v) is 9.88. The monoisotopic (exact) mass is 417 g/mol. The molecule has 0 radical (unpaired) electrons. The molecule has 0 aliphatic rings. The van der Waals surface area contributed by atoms with Gasteiger partial charge in [0.15, 0.2) is 11.5 Å². The molecule has 2 rings (SSSR count). The zero-order valence-electron chi connectivity index (χ0n) is 12.8. The minimum atomic E-state index is -2.02. The molecule has 0 saturated carbocycles. The van der Waals surface area contributed by atoms with Gasteiger partial charge < -0.3 is 11.1 Å². The van der Waals surface area contributed by atoms with Crippen molar-refractivity contribution in [1.82, 2.24) is 10.3 Å². The first-order valence-electron chi connectivity index (χ1n) is 6.87. The zero-order valence-corrected chi connectivity index (χ0v) is 15.2. The number of benzene rings is 1. The van der Waals surface area contributed by atoms with Gasteiger partial charge in [0.1, 0.15) is 5.82 Å². The molecule has 130 valence electrons. The van der Waals surface area contributed by atoms with Gasteiger partial charge in [0.25, 0.3) is 0 Å². The lowest BCUT2D eigenvalue weighted by atomic mass is 10.3. The molecule has 2 aromatic rings. The van der Waals surface area contributed by atoms with E-state index in [1.165, 1.54) is 18.2 Å². The van der Waals surface area contributed by atoms with Crippen LogP contribution in [0.3, 0.4) is 0 Å². The van der Waals surface area contributed by atoms with Crippen LogP contribution in [0.4, 0.5) is 15.9 Å². The summed E-state index contributed by atoms with van der Waals surface area (Å²) in [5.74, 6) is 0.516. The minimum absolute atomic E-state index is 0.0775. The van der Waals surface area contributed by atoms with Gasteiger partial charge in [-0.2, -0.15) is 0 Å². The van der Waals surface area contributed by atoms with Crippen LogP contribution in [0.2, 0.25) is 0 Å². The molecular weight excluding hydrogens is 401 g/mol. The fourth-order valence-corrected chi connectivity index (χ4v) is 2.88. The molecule has 24 heavy (non-hydrogen) atoms. The van der Waals surface area contributed by atoms with E-state index < -0.39 is 15.4 Å². The lowest BCUT2D eigenvalue weighted by Crippen LogP contribution is -2.17. The van der Waals surface area contributed by atoms with Crippen molar-refractivity contribution >= 4 is 42.9 Å². The van der Waals surface area contributed by atoms with Gasteiger partial charge >= 0.3 is 0 Å². The number of nitrogens with zero attached hydrogens (tertiary/aromatic N) is 3. The van der Waals surface area contributed by atoms with Crippen LogP contribution in [0.5, 0.6) is 0 Å². The van der Waals surface area contributed by atoms with Crippen molar-refractivity contribution in [3.63, 3.8) is 0 Å². The summed E-state index contributed by atoms with van der Waals surface area (Å²) < 4.78 is 33.3. The van der Waals surface area contributed by atoms with Crippen LogP contribution in [-0.4, -0.2) is 34.7 Å². The molecule has 0 aliphatic heterocycles. The predicted octanol–water partition coefficient (Wildman–Crippen LogP) is 3.12. The van der Waals surface area contributed by atoms with E-state index in [9.17, 15) is 4.39 Å². The summed E-state index contributed by atoms with van der Waals surface area (Å²) in [6.07, 6.45) is 2.26. The minimum Gasteiger partial charge on any atom is -0.382 e. The van der Waals surface area contributed by atoms with Gasteiger partial charge in [-0.1, -0.05) is 9.62 Å². The number of amidine groups is 1. The van der Waals surface area contributed by atoms with E-state index in [-0.39, 0.29) is 16.0 Å². The van der Waals surface area contributed by atoms with Crippen LogP contribution in [0.25, 0.3) is 0 Å². The summed E-state index contributed by atoms with van der Waals surface area (Å²) in [6, 6.07) is 4.26. The van der Waals surface area contributed by atoms with E-state index in [0.717, 1.165) is 0 Å². The summed E-state index contributed by atoms with van der Waals surface area (Å²) in [6.45, 7) is 0.511. The lowest BCUT2D eigenvalue weighted by molar-refractivity contribution is 0.307. The third kappa shape index (κ3) is 5.27. The van der Waals surface area contributed by atoms with E-state index in [2.05, 4.69) is 41.2 Å². The first-order chi connectivity index (χ1) is 11.3. The Balaban J connectivity index is 2.07. The SMILES string of the molecule is CS(=N)(=N)CCCNc1nonc1C(N)=Nc1ccc(F)c(Br)c1. The Morgan fingerprint density at radius 1 is 1.46 bits per heavy atom. The quantitative estimate of drug-likeness (QED) is 0.311. The second-order valence-corrected chi connectivity index (χ2v) is 8.57. The molecule has 1 heterocycles. The van der Waals surface area contributed by atoms with Crippen molar-refractivity contribution in [3.8, 4) is 0 Å². The van der Waals surface area contributed by atoms with Gasteiger partial charge in [0.05, 0.1) is 10.2 Å². The summed E-state index contributed by atoms with van der Waals surface area (Å²) in [5, 5.41) is 10.5. The molecule has 0 fully saturated rings. The fraction of sp³-hybridized carbons (Fsp3) is 0.308. The van der Waals surface area contributed by atoms with Crippen molar-refractivity contribution in [1.29, 1.82) is 9.56 Å². The van der Waals surface area contributed by atoms with Gasteiger partial charge in [-0.25, -0.2) is 14.0 Å². The van der Waals surface area contributed by atoms with E-state index in [0.29, 0.717) is 30.2 Å². The molecule has 0 unspecified atom stereocenters. The maximum atomic E-state index is 13.2. The van der Waals surface area contributed by atoms with Crippen molar-refractivity contribution in [3.05, 3.63) is 34.2 Å². The first kappa shape index (κ1) is 18.3. The third-order valence-electron chi connectivity index (χ3n) is 2.91.